The molecule has 2 N–H and O–H groups in total. The van der Waals surface area contributed by atoms with Crippen LogP contribution in [0.2, 0.25) is 0 Å². The number of aliphatic hydroxyl groups excluding tert-OH is 1. The summed E-state index contributed by atoms with van der Waals surface area (Å²) in [5, 5.41) is 14.1. The Balaban J connectivity index is 2.09. The highest BCUT2D eigenvalue weighted by Gasteiger charge is 2.42. The number of nitrogens with zero attached hydrogens (tertiary/aromatic N) is 1. The monoisotopic (exact) mass is 240 g/mol. The first kappa shape index (κ1) is 11.5. The smallest absolute Gasteiger partial charge is 0.254 e. The fourth-order valence-electron chi connectivity index (χ4n) is 1.83. The molecule has 4 nitrogen and oxygen atoms in total. The Bertz CT molecular complexity index is 400. The molecule has 1 fully saturated rings. The predicted octanol–water partition coefficient (Wildman–Crippen LogP) is 1.34. The minimum Gasteiger partial charge on any atom is -0.394 e. The second kappa shape index (κ2) is 4.14. The standard InChI is InChI=1S/C11H16N2O2S/c1-7-9(5-16-13-7)10(15)12-11(2,6-14)8-3-4-8/h5,8,14H,3-4,6H2,1-2H3,(H,12,15). The molecule has 0 aromatic carbocycles. The normalized spacial score (nSPS) is 19.2. The van der Waals surface area contributed by atoms with Crippen LogP contribution in [0.1, 0.15) is 35.8 Å². The van der Waals surface area contributed by atoms with Crippen molar-refractivity contribution < 1.29 is 9.90 Å². The molecular weight excluding hydrogens is 224 g/mol. The quantitative estimate of drug-likeness (QED) is 0.835. The molecule has 0 bridgehead atoms. The van der Waals surface area contributed by atoms with Crippen molar-refractivity contribution in [2.45, 2.75) is 32.2 Å². The molecule has 1 amide bonds. The van der Waals surface area contributed by atoms with Crippen LogP contribution < -0.4 is 5.32 Å². The van der Waals surface area contributed by atoms with Crippen molar-refractivity contribution in [2.75, 3.05) is 6.61 Å². The Hall–Kier alpha value is -0.940. The van der Waals surface area contributed by atoms with Gasteiger partial charge in [0.15, 0.2) is 0 Å². The van der Waals surface area contributed by atoms with Gasteiger partial charge in [-0.15, -0.1) is 0 Å². The van der Waals surface area contributed by atoms with Crippen molar-refractivity contribution in [1.29, 1.82) is 0 Å². The molecule has 1 heterocycles. The van der Waals surface area contributed by atoms with E-state index in [9.17, 15) is 9.90 Å². The lowest BCUT2D eigenvalue weighted by Crippen LogP contribution is -2.50. The van der Waals surface area contributed by atoms with Crippen molar-refractivity contribution in [2.24, 2.45) is 5.92 Å². The van der Waals surface area contributed by atoms with Crippen LogP contribution in [0.4, 0.5) is 0 Å². The largest absolute Gasteiger partial charge is 0.394 e. The first-order valence-electron chi connectivity index (χ1n) is 5.41. The predicted molar refractivity (Wildman–Crippen MR) is 62.5 cm³/mol. The van der Waals surface area contributed by atoms with Crippen LogP contribution in [0, 0.1) is 12.8 Å². The maximum atomic E-state index is 12.0. The summed E-state index contributed by atoms with van der Waals surface area (Å²) < 4.78 is 4.07. The van der Waals surface area contributed by atoms with Crippen LogP contribution in [-0.4, -0.2) is 27.5 Å². The number of aromatic nitrogens is 1. The van der Waals surface area contributed by atoms with E-state index in [0.29, 0.717) is 11.5 Å². The molecule has 5 heteroatoms. The van der Waals surface area contributed by atoms with Gasteiger partial charge in [0.1, 0.15) is 0 Å². The topological polar surface area (TPSA) is 62.2 Å². The highest BCUT2D eigenvalue weighted by molar-refractivity contribution is 7.03. The Morgan fingerprint density at radius 3 is 2.88 bits per heavy atom. The number of carbonyl (C=O) groups is 1. The summed E-state index contributed by atoms with van der Waals surface area (Å²) in [7, 11) is 0. The summed E-state index contributed by atoms with van der Waals surface area (Å²) in [4.78, 5) is 12.0. The average molecular weight is 240 g/mol. The third kappa shape index (κ3) is 2.10. The van der Waals surface area contributed by atoms with Gasteiger partial charge >= 0.3 is 0 Å². The number of nitrogens with one attached hydrogen (secondary N) is 1. The fraction of sp³-hybridized carbons (Fsp3) is 0.636. The van der Waals surface area contributed by atoms with Gasteiger partial charge in [-0.05, 0) is 44.1 Å². The summed E-state index contributed by atoms with van der Waals surface area (Å²) in [6.45, 7) is 3.70. The zero-order chi connectivity index (χ0) is 11.8. The van der Waals surface area contributed by atoms with Crippen molar-refractivity contribution in [1.82, 2.24) is 9.69 Å². The first-order chi connectivity index (χ1) is 7.57. The lowest BCUT2D eigenvalue weighted by Gasteiger charge is -2.28. The summed E-state index contributed by atoms with van der Waals surface area (Å²) in [6.07, 6.45) is 2.16. The molecule has 1 atom stereocenters. The van der Waals surface area contributed by atoms with Gasteiger partial charge in [0.25, 0.3) is 5.91 Å². The van der Waals surface area contributed by atoms with Crippen LogP contribution in [0.3, 0.4) is 0 Å². The summed E-state index contributed by atoms with van der Waals surface area (Å²) >= 11 is 1.28. The van der Waals surface area contributed by atoms with Crippen LogP contribution >= 0.6 is 11.5 Å². The van der Waals surface area contributed by atoms with E-state index in [4.69, 9.17) is 0 Å². The van der Waals surface area contributed by atoms with Gasteiger partial charge < -0.3 is 10.4 Å². The van der Waals surface area contributed by atoms with E-state index in [1.165, 1.54) is 11.5 Å². The Morgan fingerprint density at radius 2 is 2.44 bits per heavy atom. The molecule has 88 valence electrons. The molecule has 1 saturated carbocycles. The number of rotatable bonds is 4. The molecule has 1 unspecified atom stereocenters. The van der Waals surface area contributed by atoms with Gasteiger partial charge in [0.05, 0.1) is 23.4 Å². The van der Waals surface area contributed by atoms with Gasteiger partial charge in [0, 0.05) is 5.38 Å². The number of hydrogen-bond donors (Lipinski definition) is 2. The molecule has 1 aliphatic rings. The van der Waals surface area contributed by atoms with Crippen molar-refractivity contribution in [3.05, 3.63) is 16.6 Å². The second-order valence-electron chi connectivity index (χ2n) is 4.62. The third-order valence-electron chi connectivity index (χ3n) is 3.20. The molecule has 1 aliphatic carbocycles. The number of amides is 1. The SMILES string of the molecule is Cc1nscc1C(=O)NC(C)(CO)C1CC1. The van der Waals surface area contributed by atoms with Gasteiger partial charge in [0.2, 0.25) is 0 Å². The molecule has 1 aromatic rings. The van der Waals surface area contributed by atoms with Gasteiger partial charge in [-0.1, -0.05) is 0 Å². The number of carbonyl (C=O) groups excluding carboxylic acids is 1. The van der Waals surface area contributed by atoms with Gasteiger partial charge in [-0.2, -0.15) is 4.37 Å². The van der Waals surface area contributed by atoms with Crippen LogP contribution in [-0.2, 0) is 0 Å². The van der Waals surface area contributed by atoms with Crippen molar-refractivity contribution >= 4 is 17.4 Å². The van der Waals surface area contributed by atoms with E-state index in [0.717, 1.165) is 18.5 Å². The second-order valence-corrected chi connectivity index (χ2v) is 5.25. The maximum Gasteiger partial charge on any atom is 0.254 e. The molecule has 2 rings (SSSR count). The van der Waals surface area contributed by atoms with E-state index in [1.54, 1.807) is 5.38 Å². The highest BCUT2D eigenvalue weighted by Crippen LogP contribution is 2.39. The number of aryl methyl sites for hydroxylation is 1. The number of aliphatic hydroxyl groups is 1. The number of hydrogen-bond acceptors (Lipinski definition) is 4. The zero-order valence-electron chi connectivity index (χ0n) is 9.49. The van der Waals surface area contributed by atoms with E-state index < -0.39 is 5.54 Å². The first-order valence-corrected chi connectivity index (χ1v) is 6.25. The van der Waals surface area contributed by atoms with E-state index in [1.807, 2.05) is 13.8 Å². The summed E-state index contributed by atoms with van der Waals surface area (Å²) in [5.74, 6) is 0.281. The summed E-state index contributed by atoms with van der Waals surface area (Å²) in [5.41, 5.74) is 0.884. The molecule has 0 saturated heterocycles. The van der Waals surface area contributed by atoms with Crippen LogP contribution in [0.25, 0.3) is 0 Å². The summed E-state index contributed by atoms with van der Waals surface area (Å²) in [6, 6.07) is 0. The van der Waals surface area contributed by atoms with E-state index >= 15 is 0 Å². The van der Waals surface area contributed by atoms with E-state index in [2.05, 4.69) is 9.69 Å². The lowest BCUT2D eigenvalue weighted by atomic mass is 9.96. The van der Waals surface area contributed by atoms with Crippen LogP contribution in [0.15, 0.2) is 5.38 Å². The third-order valence-corrected chi connectivity index (χ3v) is 3.92. The highest BCUT2D eigenvalue weighted by atomic mass is 32.1. The van der Waals surface area contributed by atoms with Gasteiger partial charge in [-0.25, -0.2) is 0 Å². The Labute approximate surface area is 98.9 Å². The Kier molecular flexibility index (Phi) is 2.99. The van der Waals surface area contributed by atoms with Gasteiger partial charge in [-0.3, -0.25) is 4.79 Å². The Morgan fingerprint density at radius 1 is 1.75 bits per heavy atom. The van der Waals surface area contributed by atoms with Crippen molar-refractivity contribution in [3.8, 4) is 0 Å². The van der Waals surface area contributed by atoms with Crippen molar-refractivity contribution in [3.63, 3.8) is 0 Å². The molecular formula is C11H16N2O2S. The minimum absolute atomic E-state index is 0.0139. The zero-order valence-corrected chi connectivity index (χ0v) is 10.3. The van der Waals surface area contributed by atoms with Crippen LogP contribution in [0.5, 0.6) is 0 Å². The van der Waals surface area contributed by atoms with E-state index in [-0.39, 0.29) is 12.5 Å². The fourth-order valence-corrected chi connectivity index (χ4v) is 2.52. The molecule has 16 heavy (non-hydrogen) atoms. The average Bonchev–Trinajstić information content (AvgIpc) is 3.02. The molecule has 0 radical (unpaired) electrons. The lowest BCUT2D eigenvalue weighted by molar-refractivity contribution is 0.0824. The maximum absolute atomic E-state index is 12.0. The molecule has 0 aliphatic heterocycles. The molecule has 1 aromatic heterocycles. The molecule has 0 spiro atoms. The minimum atomic E-state index is -0.481.